The van der Waals surface area contributed by atoms with E-state index in [1.54, 1.807) is 0 Å². The van der Waals surface area contributed by atoms with E-state index < -0.39 is 0 Å². The van der Waals surface area contributed by atoms with Crippen LogP contribution < -0.4 is 4.57 Å². The van der Waals surface area contributed by atoms with E-state index in [0.29, 0.717) is 0 Å². The molecule has 0 saturated carbocycles. The van der Waals surface area contributed by atoms with Crippen molar-refractivity contribution in [1.82, 2.24) is 0 Å². The van der Waals surface area contributed by atoms with Crippen LogP contribution in [-0.2, 0) is 19.9 Å². The monoisotopic (exact) mass is 284 g/mol. The van der Waals surface area contributed by atoms with Gasteiger partial charge in [-0.2, -0.15) is 0 Å². The molecule has 0 N–H and O–H groups in total. The Balaban J connectivity index is 2.00. The van der Waals surface area contributed by atoms with Gasteiger partial charge in [0.15, 0.2) is 6.20 Å². The zero-order valence-electron chi connectivity index (χ0n) is 13.0. The van der Waals surface area contributed by atoms with E-state index in [4.69, 9.17) is 0 Å². The van der Waals surface area contributed by atoms with Crippen LogP contribution in [0.1, 0.15) is 29.2 Å². The summed E-state index contributed by atoms with van der Waals surface area (Å²) in [6.07, 6.45) is 6.67. The van der Waals surface area contributed by atoms with Crippen LogP contribution in [0, 0.1) is 0 Å². The molecule has 1 nitrogen and oxygen atoms in total. The van der Waals surface area contributed by atoms with E-state index in [2.05, 4.69) is 67.2 Å². The molecule has 106 valence electrons. The molecular weight excluding hydrogens is 266 g/mol. The van der Waals surface area contributed by atoms with E-state index in [-0.39, 0.29) is 0 Å². The first kappa shape index (κ1) is 12.2. The van der Waals surface area contributed by atoms with Gasteiger partial charge in [-0.15, -0.1) is 0 Å². The van der Waals surface area contributed by atoms with Crippen LogP contribution in [0.25, 0.3) is 27.6 Å². The SMILES string of the molecule is CC1=CCc2ccc3ccc4c(c3c21)-c1c(ccc[n+]1C)C4. The number of fused-ring (bicyclic) bond motifs is 7. The van der Waals surface area contributed by atoms with Crippen molar-refractivity contribution in [3.63, 3.8) is 0 Å². The Bertz CT molecular complexity index is 992. The topological polar surface area (TPSA) is 3.88 Å². The maximum absolute atomic E-state index is 2.37. The van der Waals surface area contributed by atoms with Gasteiger partial charge >= 0.3 is 0 Å². The van der Waals surface area contributed by atoms with Crippen molar-refractivity contribution in [2.45, 2.75) is 19.8 Å². The molecule has 0 spiro atoms. The highest BCUT2D eigenvalue weighted by Gasteiger charge is 2.30. The summed E-state index contributed by atoms with van der Waals surface area (Å²) in [5, 5.41) is 2.82. The van der Waals surface area contributed by atoms with Crippen LogP contribution in [0.15, 0.2) is 48.7 Å². The zero-order valence-corrected chi connectivity index (χ0v) is 13.0. The highest BCUT2D eigenvalue weighted by molar-refractivity contribution is 6.07. The molecule has 0 amide bonds. The number of aryl methyl sites for hydroxylation is 1. The maximum atomic E-state index is 2.37. The fourth-order valence-electron chi connectivity index (χ4n) is 4.26. The summed E-state index contributed by atoms with van der Waals surface area (Å²) in [6.45, 7) is 2.26. The number of pyridine rings is 1. The number of benzene rings is 2. The van der Waals surface area contributed by atoms with Gasteiger partial charge in [-0.3, -0.25) is 0 Å². The van der Waals surface area contributed by atoms with E-state index in [9.17, 15) is 0 Å². The van der Waals surface area contributed by atoms with Gasteiger partial charge in [0.1, 0.15) is 7.05 Å². The summed E-state index contributed by atoms with van der Waals surface area (Å²) in [6, 6.07) is 13.6. The molecule has 0 atom stereocenters. The van der Waals surface area contributed by atoms with E-state index in [1.807, 2.05) is 0 Å². The number of hydrogen-bond acceptors (Lipinski definition) is 0. The molecule has 0 radical (unpaired) electrons. The van der Waals surface area contributed by atoms with Crippen LogP contribution in [0.4, 0.5) is 0 Å². The summed E-state index contributed by atoms with van der Waals surface area (Å²) in [5.41, 5.74) is 10.2. The van der Waals surface area contributed by atoms with Crippen LogP contribution in [0.2, 0.25) is 0 Å². The number of aromatic nitrogens is 1. The van der Waals surface area contributed by atoms with Gasteiger partial charge < -0.3 is 0 Å². The predicted octanol–water partition coefficient (Wildman–Crippen LogP) is 4.19. The lowest BCUT2D eigenvalue weighted by molar-refractivity contribution is -0.660. The lowest BCUT2D eigenvalue weighted by Crippen LogP contribution is -2.30. The van der Waals surface area contributed by atoms with Crippen molar-refractivity contribution in [3.05, 3.63) is 70.9 Å². The average Bonchev–Trinajstić information content (AvgIpc) is 3.08. The highest BCUT2D eigenvalue weighted by atomic mass is 14.9. The minimum Gasteiger partial charge on any atom is -0.201 e. The van der Waals surface area contributed by atoms with Gasteiger partial charge in [0.2, 0.25) is 5.69 Å². The lowest BCUT2D eigenvalue weighted by atomic mass is 9.92. The summed E-state index contributed by atoms with van der Waals surface area (Å²) in [5.74, 6) is 0. The zero-order chi connectivity index (χ0) is 14.8. The summed E-state index contributed by atoms with van der Waals surface area (Å²) < 4.78 is 2.29. The van der Waals surface area contributed by atoms with Crippen molar-refractivity contribution in [1.29, 1.82) is 0 Å². The quantitative estimate of drug-likeness (QED) is 0.426. The Morgan fingerprint density at radius 2 is 1.73 bits per heavy atom. The number of nitrogens with zero attached hydrogens (tertiary/aromatic N) is 1. The molecule has 0 unspecified atom stereocenters. The summed E-state index contributed by atoms with van der Waals surface area (Å²) >= 11 is 0. The van der Waals surface area contributed by atoms with Crippen LogP contribution in [0.3, 0.4) is 0 Å². The Morgan fingerprint density at radius 3 is 2.59 bits per heavy atom. The summed E-state index contributed by atoms with van der Waals surface area (Å²) in [4.78, 5) is 0. The molecule has 0 aliphatic heterocycles. The lowest BCUT2D eigenvalue weighted by Gasteiger charge is -2.12. The van der Waals surface area contributed by atoms with Crippen molar-refractivity contribution in [2.75, 3.05) is 0 Å². The largest absolute Gasteiger partial charge is 0.216 e. The van der Waals surface area contributed by atoms with Crippen molar-refractivity contribution < 1.29 is 4.57 Å². The maximum Gasteiger partial charge on any atom is 0.216 e. The van der Waals surface area contributed by atoms with Gasteiger partial charge in [0.25, 0.3) is 0 Å². The van der Waals surface area contributed by atoms with E-state index in [0.717, 1.165) is 12.8 Å². The van der Waals surface area contributed by atoms with Crippen molar-refractivity contribution in [3.8, 4) is 11.3 Å². The molecule has 0 saturated heterocycles. The standard InChI is InChI=1S/C21H18N/c1-13-5-6-14-7-8-15-9-10-16-12-17-4-3-11-22(2)21(17)20(16)19(15)18(13)14/h3-5,7-11H,6,12H2,1-2H3/q+1. The molecular formula is C21H18N+. The Hall–Kier alpha value is -2.41. The molecule has 1 aromatic heterocycles. The molecule has 5 rings (SSSR count). The molecule has 1 heteroatoms. The summed E-state index contributed by atoms with van der Waals surface area (Å²) in [7, 11) is 2.17. The Kier molecular flexibility index (Phi) is 2.25. The second kappa shape index (κ2) is 4.07. The van der Waals surface area contributed by atoms with E-state index >= 15 is 0 Å². The molecule has 1 heterocycles. The van der Waals surface area contributed by atoms with Gasteiger partial charge in [-0.25, -0.2) is 4.57 Å². The second-order valence-corrected chi connectivity index (χ2v) is 6.56. The van der Waals surface area contributed by atoms with Crippen molar-refractivity contribution >= 4 is 16.3 Å². The molecule has 2 aromatic carbocycles. The molecule has 2 aliphatic carbocycles. The van der Waals surface area contributed by atoms with Gasteiger partial charge in [-0.05, 0) is 47.1 Å². The molecule has 22 heavy (non-hydrogen) atoms. The highest BCUT2D eigenvalue weighted by Crippen LogP contribution is 2.44. The second-order valence-electron chi connectivity index (χ2n) is 6.56. The van der Waals surface area contributed by atoms with Crippen LogP contribution >= 0.6 is 0 Å². The minimum absolute atomic E-state index is 1.06. The average molecular weight is 284 g/mol. The molecule has 2 aliphatic rings. The molecule has 0 fully saturated rings. The predicted molar refractivity (Wildman–Crippen MR) is 90.7 cm³/mol. The fourth-order valence-corrected chi connectivity index (χ4v) is 4.26. The first-order valence-corrected chi connectivity index (χ1v) is 7.96. The van der Waals surface area contributed by atoms with Crippen molar-refractivity contribution in [2.24, 2.45) is 7.05 Å². The third kappa shape index (κ3) is 1.41. The smallest absolute Gasteiger partial charge is 0.201 e. The van der Waals surface area contributed by atoms with E-state index in [1.165, 1.54) is 49.9 Å². The first-order chi connectivity index (χ1) is 10.7. The van der Waals surface area contributed by atoms with Crippen LogP contribution in [-0.4, -0.2) is 0 Å². The Morgan fingerprint density at radius 1 is 0.909 bits per heavy atom. The number of rotatable bonds is 0. The molecule has 0 bridgehead atoms. The third-order valence-corrected chi connectivity index (χ3v) is 5.26. The van der Waals surface area contributed by atoms with Crippen LogP contribution in [0.5, 0.6) is 0 Å². The Labute approximate surface area is 130 Å². The van der Waals surface area contributed by atoms with Gasteiger partial charge in [-0.1, -0.05) is 30.3 Å². The van der Waals surface area contributed by atoms with Gasteiger partial charge in [0.05, 0.1) is 5.56 Å². The third-order valence-electron chi connectivity index (χ3n) is 5.26. The normalized spacial score (nSPS) is 14.7. The fraction of sp³-hybridized carbons (Fsp3) is 0.190. The minimum atomic E-state index is 1.06. The first-order valence-electron chi connectivity index (χ1n) is 7.96. The number of hydrogen-bond donors (Lipinski definition) is 0. The van der Waals surface area contributed by atoms with Gasteiger partial charge in [0, 0.05) is 23.4 Å². The number of allylic oxidation sites excluding steroid dienone is 2. The molecule has 3 aromatic rings.